The molecule has 2 rings (SSSR count). The van der Waals surface area contributed by atoms with E-state index in [0.29, 0.717) is 16.7 Å². The van der Waals surface area contributed by atoms with Gasteiger partial charge in [0.25, 0.3) is 0 Å². The average Bonchev–Trinajstić information content (AvgIpc) is 2.52. The second kappa shape index (κ2) is 6.15. The molecule has 0 heterocycles. The van der Waals surface area contributed by atoms with Crippen molar-refractivity contribution in [2.45, 2.75) is 6.18 Å². The molecular weight excluding hydrogens is 289 g/mol. The standard InChI is InChI=1S/C17H9F3N2/c18-17(19,20)15-6-3-5-14(9-15)16-7-2-1-4-13(16)8-12(10-21)11-22/h1-9H. The fourth-order valence-corrected chi connectivity index (χ4v) is 1.99. The Morgan fingerprint density at radius 3 is 2.27 bits per heavy atom. The highest BCUT2D eigenvalue weighted by molar-refractivity contribution is 5.78. The average molecular weight is 298 g/mol. The molecule has 0 amide bonds. The van der Waals surface area contributed by atoms with Crippen LogP contribution in [0.25, 0.3) is 17.2 Å². The number of nitriles is 2. The van der Waals surface area contributed by atoms with Gasteiger partial charge in [-0.15, -0.1) is 0 Å². The van der Waals surface area contributed by atoms with Crippen LogP contribution in [0, 0.1) is 22.7 Å². The van der Waals surface area contributed by atoms with Crippen molar-refractivity contribution in [2.24, 2.45) is 0 Å². The Balaban J connectivity index is 2.58. The monoisotopic (exact) mass is 298 g/mol. The first-order valence-electron chi connectivity index (χ1n) is 6.24. The summed E-state index contributed by atoms with van der Waals surface area (Å²) in [6, 6.07) is 15.1. The second-order valence-corrected chi connectivity index (χ2v) is 4.45. The van der Waals surface area contributed by atoms with E-state index in [-0.39, 0.29) is 5.57 Å². The minimum absolute atomic E-state index is 0.112. The first-order chi connectivity index (χ1) is 10.5. The second-order valence-electron chi connectivity index (χ2n) is 4.45. The summed E-state index contributed by atoms with van der Waals surface area (Å²) >= 11 is 0. The minimum atomic E-state index is -4.43. The zero-order chi connectivity index (χ0) is 16.2. The highest BCUT2D eigenvalue weighted by atomic mass is 19.4. The van der Waals surface area contributed by atoms with Gasteiger partial charge in [-0.1, -0.05) is 36.4 Å². The van der Waals surface area contributed by atoms with Gasteiger partial charge in [0, 0.05) is 0 Å². The predicted molar refractivity (Wildman–Crippen MR) is 76.1 cm³/mol. The third kappa shape index (κ3) is 3.34. The van der Waals surface area contributed by atoms with E-state index in [0.717, 1.165) is 12.1 Å². The Kier molecular flexibility index (Phi) is 4.29. The summed E-state index contributed by atoms with van der Waals surface area (Å²) in [6.07, 6.45) is -3.07. The van der Waals surface area contributed by atoms with E-state index in [2.05, 4.69) is 0 Å². The molecule has 0 fully saturated rings. The van der Waals surface area contributed by atoms with Crippen LogP contribution in [-0.4, -0.2) is 0 Å². The SMILES string of the molecule is N#CC(C#N)=Cc1ccccc1-c1cccc(C(F)(F)F)c1. The molecule has 2 nitrogen and oxygen atoms in total. The van der Waals surface area contributed by atoms with Crippen LogP contribution in [-0.2, 0) is 6.18 Å². The molecule has 0 saturated carbocycles. The third-order valence-corrected chi connectivity index (χ3v) is 3.00. The molecule has 0 aromatic heterocycles. The number of allylic oxidation sites excluding steroid dienone is 1. The highest BCUT2D eigenvalue weighted by Crippen LogP contribution is 2.33. The predicted octanol–water partition coefficient (Wildman–Crippen LogP) is 4.80. The van der Waals surface area contributed by atoms with Gasteiger partial charge >= 0.3 is 6.18 Å². The van der Waals surface area contributed by atoms with Crippen molar-refractivity contribution in [1.29, 1.82) is 10.5 Å². The molecule has 0 radical (unpaired) electrons. The summed E-state index contributed by atoms with van der Waals surface area (Å²) in [6.45, 7) is 0. The summed E-state index contributed by atoms with van der Waals surface area (Å²) in [5.74, 6) is 0. The van der Waals surface area contributed by atoms with Crippen molar-refractivity contribution in [3.63, 3.8) is 0 Å². The van der Waals surface area contributed by atoms with E-state index < -0.39 is 11.7 Å². The van der Waals surface area contributed by atoms with Gasteiger partial charge in [-0.25, -0.2) is 0 Å². The van der Waals surface area contributed by atoms with Gasteiger partial charge in [0.15, 0.2) is 0 Å². The molecule has 0 spiro atoms. The molecule has 2 aromatic rings. The van der Waals surface area contributed by atoms with Gasteiger partial charge in [-0.05, 0) is 34.9 Å². The van der Waals surface area contributed by atoms with Crippen LogP contribution in [0.4, 0.5) is 13.2 Å². The maximum absolute atomic E-state index is 12.8. The lowest BCUT2D eigenvalue weighted by Gasteiger charge is -2.10. The zero-order valence-electron chi connectivity index (χ0n) is 11.2. The van der Waals surface area contributed by atoms with Crippen LogP contribution < -0.4 is 0 Å². The zero-order valence-corrected chi connectivity index (χ0v) is 11.2. The molecule has 108 valence electrons. The van der Waals surface area contributed by atoms with Crippen LogP contribution in [0.15, 0.2) is 54.1 Å². The number of benzene rings is 2. The Morgan fingerprint density at radius 1 is 0.955 bits per heavy atom. The molecule has 2 aromatic carbocycles. The van der Waals surface area contributed by atoms with Crippen LogP contribution in [0.5, 0.6) is 0 Å². The number of hydrogen-bond donors (Lipinski definition) is 0. The largest absolute Gasteiger partial charge is 0.416 e. The number of hydrogen-bond acceptors (Lipinski definition) is 2. The maximum atomic E-state index is 12.8. The molecule has 0 saturated heterocycles. The van der Waals surface area contributed by atoms with E-state index in [4.69, 9.17) is 10.5 Å². The third-order valence-electron chi connectivity index (χ3n) is 3.00. The first-order valence-corrected chi connectivity index (χ1v) is 6.24. The van der Waals surface area contributed by atoms with Gasteiger partial charge in [-0.3, -0.25) is 0 Å². The number of rotatable bonds is 2. The molecule has 0 bridgehead atoms. The van der Waals surface area contributed by atoms with Crippen molar-refractivity contribution in [2.75, 3.05) is 0 Å². The van der Waals surface area contributed by atoms with Crippen molar-refractivity contribution >= 4 is 6.08 Å². The van der Waals surface area contributed by atoms with Crippen molar-refractivity contribution in [3.05, 3.63) is 65.2 Å². The van der Waals surface area contributed by atoms with Crippen LogP contribution in [0.1, 0.15) is 11.1 Å². The summed E-state index contributed by atoms with van der Waals surface area (Å²) in [5.41, 5.74) is 0.553. The van der Waals surface area contributed by atoms with Crippen LogP contribution >= 0.6 is 0 Å². The molecule has 5 heteroatoms. The van der Waals surface area contributed by atoms with E-state index in [9.17, 15) is 13.2 Å². The van der Waals surface area contributed by atoms with Gasteiger partial charge in [0.1, 0.15) is 17.7 Å². The summed E-state index contributed by atoms with van der Waals surface area (Å²) < 4.78 is 38.4. The topological polar surface area (TPSA) is 47.6 Å². The number of halogens is 3. The molecular formula is C17H9F3N2. The molecule has 0 unspecified atom stereocenters. The van der Waals surface area contributed by atoms with E-state index in [1.54, 1.807) is 42.5 Å². The quantitative estimate of drug-likeness (QED) is 0.747. The van der Waals surface area contributed by atoms with Gasteiger partial charge < -0.3 is 0 Å². The molecule has 0 aliphatic heterocycles. The van der Waals surface area contributed by atoms with Gasteiger partial charge in [-0.2, -0.15) is 23.7 Å². The molecule has 0 aliphatic carbocycles. The van der Waals surface area contributed by atoms with Crippen LogP contribution in [0.3, 0.4) is 0 Å². The Labute approximate surface area is 125 Å². The number of alkyl halides is 3. The lowest BCUT2D eigenvalue weighted by atomic mass is 9.97. The minimum Gasteiger partial charge on any atom is -0.192 e. The molecule has 0 aliphatic rings. The highest BCUT2D eigenvalue weighted by Gasteiger charge is 2.30. The summed E-state index contributed by atoms with van der Waals surface area (Å²) in [7, 11) is 0. The Hall–Kier alpha value is -3.05. The van der Waals surface area contributed by atoms with Gasteiger partial charge in [0.2, 0.25) is 0 Å². The van der Waals surface area contributed by atoms with Crippen molar-refractivity contribution < 1.29 is 13.2 Å². The Bertz CT molecular complexity index is 790. The van der Waals surface area contributed by atoms with E-state index in [1.165, 1.54) is 12.1 Å². The van der Waals surface area contributed by atoms with Gasteiger partial charge in [0.05, 0.1) is 5.56 Å². The maximum Gasteiger partial charge on any atom is 0.416 e. The smallest absolute Gasteiger partial charge is 0.192 e. The fourth-order valence-electron chi connectivity index (χ4n) is 1.99. The number of nitrogens with zero attached hydrogens (tertiary/aromatic N) is 2. The Morgan fingerprint density at radius 2 is 1.64 bits per heavy atom. The fraction of sp³-hybridized carbons (Fsp3) is 0.0588. The molecule has 22 heavy (non-hydrogen) atoms. The lowest BCUT2D eigenvalue weighted by Crippen LogP contribution is -2.04. The van der Waals surface area contributed by atoms with E-state index in [1.807, 2.05) is 0 Å². The summed E-state index contributed by atoms with van der Waals surface area (Å²) in [5, 5.41) is 17.6. The lowest BCUT2D eigenvalue weighted by molar-refractivity contribution is -0.137. The first kappa shape index (κ1) is 15.3. The van der Waals surface area contributed by atoms with Crippen LogP contribution in [0.2, 0.25) is 0 Å². The molecule has 0 N–H and O–H groups in total. The van der Waals surface area contributed by atoms with Crippen molar-refractivity contribution in [1.82, 2.24) is 0 Å². The molecule has 0 atom stereocenters. The van der Waals surface area contributed by atoms with Crippen molar-refractivity contribution in [3.8, 4) is 23.3 Å². The normalized spacial score (nSPS) is 10.4. The van der Waals surface area contributed by atoms with E-state index >= 15 is 0 Å². The summed E-state index contributed by atoms with van der Waals surface area (Å²) in [4.78, 5) is 0.